The van der Waals surface area contributed by atoms with Gasteiger partial charge in [0.25, 0.3) is 0 Å². The summed E-state index contributed by atoms with van der Waals surface area (Å²) < 4.78 is 5.06. The van der Waals surface area contributed by atoms with E-state index in [1.54, 1.807) is 5.57 Å². The molecule has 2 heteroatoms. The van der Waals surface area contributed by atoms with Crippen molar-refractivity contribution in [3.05, 3.63) is 23.8 Å². The van der Waals surface area contributed by atoms with Gasteiger partial charge in [-0.1, -0.05) is 0 Å². The Hall–Kier alpha value is 0.323. The summed E-state index contributed by atoms with van der Waals surface area (Å²) in [6.07, 6.45) is 11.5. The molecular weight excluding hydrogens is 215 g/mol. The molecule has 0 spiro atoms. The van der Waals surface area contributed by atoms with E-state index in [1.165, 1.54) is 50.8 Å². The van der Waals surface area contributed by atoms with Crippen LogP contribution in [0.15, 0.2) is 23.8 Å². The topological polar surface area (TPSA) is 9.23 Å². The van der Waals surface area contributed by atoms with Gasteiger partial charge in [-0.05, 0) is 0 Å². The molecule has 1 aliphatic carbocycles. The molecule has 1 nitrogen and oxygen atoms in total. The van der Waals surface area contributed by atoms with Crippen LogP contribution >= 0.6 is 0 Å². The van der Waals surface area contributed by atoms with E-state index in [1.807, 2.05) is 0 Å². The first-order valence-electron chi connectivity index (χ1n) is 4.06. The van der Waals surface area contributed by atoms with Crippen LogP contribution in [0.25, 0.3) is 0 Å². The van der Waals surface area contributed by atoms with E-state index in [9.17, 15) is 0 Å². The summed E-state index contributed by atoms with van der Waals surface area (Å²) in [5.41, 5.74) is 1.58. The third kappa shape index (κ3) is 4.03. The van der Waals surface area contributed by atoms with Crippen LogP contribution in [0.3, 0.4) is 0 Å². The van der Waals surface area contributed by atoms with Crippen molar-refractivity contribution < 1.29 is 28.0 Å². The van der Waals surface area contributed by atoms with Crippen molar-refractivity contribution in [1.82, 2.24) is 0 Å². The SMILES string of the molecule is [Zr][O]CCCCC1=CC=CC1. The van der Waals surface area contributed by atoms with Crippen molar-refractivity contribution in [3.8, 4) is 0 Å². The number of hydrogen-bond donors (Lipinski definition) is 0. The second kappa shape index (κ2) is 5.91. The van der Waals surface area contributed by atoms with Crippen LogP contribution in [0.1, 0.15) is 25.7 Å². The quantitative estimate of drug-likeness (QED) is 0.657. The fourth-order valence-electron chi connectivity index (χ4n) is 1.20. The first-order valence-corrected chi connectivity index (χ1v) is 5.07. The molecule has 1 rings (SSSR count). The Morgan fingerprint density at radius 1 is 1.45 bits per heavy atom. The van der Waals surface area contributed by atoms with E-state index in [4.69, 9.17) is 2.81 Å². The molecule has 0 radical (unpaired) electrons. The van der Waals surface area contributed by atoms with Crippen LogP contribution in [-0.2, 0) is 28.0 Å². The van der Waals surface area contributed by atoms with Crippen molar-refractivity contribution in [3.63, 3.8) is 0 Å². The maximum atomic E-state index is 5.06. The minimum absolute atomic E-state index is 0.943. The molecule has 0 heterocycles. The van der Waals surface area contributed by atoms with Gasteiger partial charge in [0, 0.05) is 0 Å². The van der Waals surface area contributed by atoms with Crippen molar-refractivity contribution in [2.24, 2.45) is 0 Å². The molecule has 0 atom stereocenters. The zero-order chi connectivity index (χ0) is 7.94. The average Bonchev–Trinajstić information content (AvgIpc) is 2.50. The Kier molecular flexibility index (Phi) is 5.06. The fraction of sp³-hybridized carbons (Fsp3) is 0.556. The van der Waals surface area contributed by atoms with Gasteiger partial charge < -0.3 is 0 Å². The minimum atomic E-state index is 0.943. The standard InChI is InChI=1S/C9H13O.Zr/c10-8-4-3-7-9-5-1-2-6-9;/h1-2,5H,3-4,6-8H2;/q-1;+1. The third-order valence-electron chi connectivity index (χ3n) is 1.84. The zero-order valence-electron chi connectivity index (χ0n) is 6.68. The van der Waals surface area contributed by atoms with Gasteiger partial charge in [0.1, 0.15) is 0 Å². The summed E-state index contributed by atoms with van der Waals surface area (Å²) in [6, 6.07) is 0. The molecule has 0 aliphatic heterocycles. The van der Waals surface area contributed by atoms with E-state index in [0.29, 0.717) is 0 Å². The number of allylic oxidation sites excluding steroid dienone is 4. The van der Waals surface area contributed by atoms with E-state index in [-0.39, 0.29) is 0 Å². The third-order valence-corrected chi connectivity index (χ3v) is 2.34. The molecule has 0 unspecified atom stereocenters. The van der Waals surface area contributed by atoms with E-state index >= 15 is 0 Å². The van der Waals surface area contributed by atoms with Crippen LogP contribution in [0, 0.1) is 0 Å². The molecule has 59 valence electrons. The first kappa shape index (κ1) is 9.41. The molecule has 0 saturated heterocycles. The van der Waals surface area contributed by atoms with Crippen LogP contribution in [-0.4, -0.2) is 6.61 Å². The summed E-state index contributed by atoms with van der Waals surface area (Å²) >= 11 is 1.20. The van der Waals surface area contributed by atoms with E-state index < -0.39 is 0 Å². The van der Waals surface area contributed by atoms with Gasteiger partial charge >= 0.3 is 84.1 Å². The first-order chi connectivity index (χ1) is 5.43. The Morgan fingerprint density at radius 2 is 2.36 bits per heavy atom. The van der Waals surface area contributed by atoms with Gasteiger partial charge in [0.15, 0.2) is 0 Å². The van der Waals surface area contributed by atoms with E-state index in [2.05, 4.69) is 18.2 Å². The molecule has 0 bridgehead atoms. The molecule has 0 aromatic heterocycles. The Labute approximate surface area is 84.0 Å². The molecule has 11 heavy (non-hydrogen) atoms. The van der Waals surface area contributed by atoms with Crippen LogP contribution in [0.2, 0.25) is 0 Å². The summed E-state index contributed by atoms with van der Waals surface area (Å²) in [7, 11) is 0. The number of unbranched alkanes of at least 4 members (excludes halogenated alkanes) is 1. The summed E-state index contributed by atoms with van der Waals surface area (Å²) in [4.78, 5) is 0. The number of hydrogen-bond acceptors (Lipinski definition) is 1. The van der Waals surface area contributed by atoms with Gasteiger partial charge in [-0.25, -0.2) is 0 Å². The van der Waals surface area contributed by atoms with Crippen LogP contribution < -0.4 is 0 Å². The molecule has 0 fully saturated rings. The molecule has 0 amide bonds. The van der Waals surface area contributed by atoms with Crippen molar-refractivity contribution in [1.29, 1.82) is 0 Å². The van der Waals surface area contributed by atoms with Crippen molar-refractivity contribution in [2.75, 3.05) is 6.61 Å². The molecule has 1 aliphatic rings. The monoisotopic (exact) mass is 227 g/mol. The second-order valence-electron chi connectivity index (χ2n) is 2.76. The second-order valence-corrected chi connectivity index (χ2v) is 3.47. The Bertz CT molecular complexity index is 161. The molecule has 0 aromatic carbocycles. The molecular formula is C9H13OZr. The van der Waals surface area contributed by atoms with Crippen molar-refractivity contribution in [2.45, 2.75) is 25.7 Å². The molecule has 0 saturated carbocycles. The fourth-order valence-corrected chi connectivity index (χ4v) is 1.56. The van der Waals surface area contributed by atoms with Gasteiger partial charge in [0.2, 0.25) is 0 Å². The van der Waals surface area contributed by atoms with Crippen molar-refractivity contribution >= 4 is 0 Å². The Morgan fingerprint density at radius 3 is 3.00 bits per heavy atom. The summed E-state index contributed by atoms with van der Waals surface area (Å²) in [5.74, 6) is 0. The van der Waals surface area contributed by atoms with Gasteiger partial charge in [-0.15, -0.1) is 0 Å². The van der Waals surface area contributed by atoms with Gasteiger partial charge in [-0.3, -0.25) is 0 Å². The van der Waals surface area contributed by atoms with E-state index in [0.717, 1.165) is 6.61 Å². The predicted molar refractivity (Wildman–Crippen MR) is 41.6 cm³/mol. The van der Waals surface area contributed by atoms with Crippen LogP contribution in [0.4, 0.5) is 0 Å². The maximum absolute atomic E-state index is 5.06. The molecule has 0 aromatic rings. The average molecular weight is 228 g/mol. The summed E-state index contributed by atoms with van der Waals surface area (Å²) in [5, 5.41) is 0. The number of rotatable bonds is 5. The Balaban J connectivity index is 1.95. The summed E-state index contributed by atoms with van der Waals surface area (Å²) in [6.45, 7) is 0.943. The van der Waals surface area contributed by atoms with Gasteiger partial charge in [0.05, 0.1) is 0 Å². The van der Waals surface area contributed by atoms with Crippen LogP contribution in [0.5, 0.6) is 0 Å². The zero-order valence-corrected chi connectivity index (χ0v) is 9.13. The molecule has 0 N–H and O–H groups in total. The van der Waals surface area contributed by atoms with Gasteiger partial charge in [-0.2, -0.15) is 0 Å². The predicted octanol–water partition coefficient (Wildman–Crippen LogP) is 2.52. The normalized spacial score (nSPS) is 15.4.